The van der Waals surface area contributed by atoms with Crippen LogP contribution in [0.1, 0.15) is 17.4 Å². The molecule has 3 heterocycles. The van der Waals surface area contributed by atoms with Crippen LogP contribution in [0, 0.1) is 0 Å². The highest BCUT2D eigenvalue weighted by Gasteiger charge is 2.52. The van der Waals surface area contributed by atoms with Crippen LogP contribution < -0.4 is 10.4 Å². The van der Waals surface area contributed by atoms with Crippen molar-refractivity contribution in [2.24, 2.45) is 7.05 Å². The number of hydrogen-bond donors (Lipinski definition) is 1. The lowest BCUT2D eigenvalue weighted by Crippen LogP contribution is -2.71. The number of carbonyl (C=O) groups excluding carboxylic acids is 3. The summed E-state index contributed by atoms with van der Waals surface area (Å²) in [5, 5.41) is 17.4. The number of carboxylic acids is 1. The van der Waals surface area contributed by atoms with Gasteiger partial charge in [-0.3, -0.25) is 19.2 Å². The lowest BCUT2D eigenvalue weighted by molar-refractivity contribution is -0.301. The number of fused-ring (bicyclic) bond motifs is 1. The zero-order valence-corrected chi connectivity index (χ0v) is 13.8. The maximum atomic E-state index is 12.2. The fourth-order valence-corrected chi connectivity index (χ4v) is 4.14. The van der Waals surface area contributed by atoms with Gasteiger partial charge in [-0.2, -0.15) is 5.10 Å². The Hall–Kier alpha value is -2.00. The van der Waals surface area contributed by atoms with E-state index in [1.54, 1.807) is 14.0 Å². The molecule has 3 rings (SSSR count). The van der Waals surface area contributed by atoms with Gasteiger partial charge >= 0.3 is 0 Å². The average molecular weight is 356 g/mol. The van der Waals surface area contributed by atoms with Gasteiger partial charge in [-0.05, 0) is 12.5 Å². The molecule has 2 atom stereocenters. The predicted octanol–water partition coefficient (Wildman–Crippen LogP) is -0.889. The molecule has 0 spiro atoms. The van der Waals surface area contributed by atoms with Crippen molar-refractivity contribution in [2.75, 3.05) is 5.75 Å². The summed E-state index contributed by atoms with van der Waals surface area (Å²) in [6.07, 6.45) is 1.47. The molecule has 2 aliphatic rings. The van der Waals surface area contributed by atoms with Crippen molar-refractivity contribution >= 4 is 41.1 Å². The first kappa shape index (κ1) is 15.9. The van der Waals surface area contributed by atoms with Crippen molar-refractivity contribution in [3.8, 4) is 0 Å². The molecule has 10 heteroatoms. The van der Waals surface area contributed by atoms with Gasteiger partial charge in [0.15, 0.2) is 5.69 Å². The van der Waals surface area contributed by atoms with Crippen LogP contribution in [0.3, 0.4) is 0 Å². The molecule has 2 aliphatic heterocycles. The topological polar surface area (TPSA) is 107 Å². The first-order chi connectivity index (χ1) is 10.8. The van der Waals surface area contributed by atoms with E-state index in [0.717, 1.165) is 4.90 Å². The molecule has 8 nitrogen and oxygen atoms in total. The van der Waals surface area contributed by atoms with Crippen molar-refractivity contribution in [2.45, 2.75) is 18.3 Å². The lowest BCUT2D eigenvalue weighted by atomic mass is 10.0. The zero-order valence-electron chi connectivity index (χ0n) is 12.2. The third-order valence-electron chi connectivity index (χ3n) is 3.64. The van der Waals surface area contributed by atoms with Crippen LogP contribution in [-0.4, -0.2) is 49.6 Å². The minimum atomic E-state index is -1.39. The van der Waals surface area contributed by atoms with E-state index in [4.69, 9.17) is 11.6 Å². The Morgan fingerprint density at radius 1 is 1.52 bits per heavy atom. The SMILES string of the molecule is CC1=C(C(=O)[O-])N2C(=O)[C@H](NC(=O)c3nn(C)cc3Cl)[C@H]2SC1. The molecular weight excluding hydrogens is 344 g/mol. The van der Waals surface area contributed by atoms with Gasteiger partial charge in [-0.25, -0.2) is 0 Å². The summed E-state index contributed by atoms with van der Waals surface area (Å²) in [7, 11) is 1.62. The summed E-state index contributed by atoms with van der Waals surface area (Å²) in [5.74, 6) is -2.00. The number of halogens is 1. The molecule has 23 heavy (non-hydrogen) atoms. The van der Waals surface area contributed by atoms with Gasteiger partial charge in [0.2, 0.25) is 0 Å². The Labute approximate surface area is 140 Å². The quantitative estimate of drug-likeness (QED) is 0.705. The number of aliphatic carboxylic acids is 1. The van der Waals surface area contributed by atoms with Gasteiger partial charge < -0.3 is 15.2 Å². The summed E-state index contributed by atoms with van der Waals surface area (Å²) in [5.41, 5.74) is 0.477. The van der Waals surface area contributed by atoms with E-state index in [1.807, 2.05) is 0 Å². The molecule has 1 N–H and O–H groups in total. The first-order valence-corrected chi connectivity index (χ1v) is 8.09. The van der Waals surface area contributed by atoms with E-state index < -0.39 is 29.2 Å². The van der Waals surface area contributed by atoms with Gasteiger partial charge in [0.05, 0.1) is 16.7 Å². The van der Waals surface area contributed by atoms with E-state index in [0.29, 0.717) is 11.3 Å². The molecule has 0 aromatic carbocycles. The normalized spacial score (nSPS) is 23.4. The summed E-state index contributed by atoms with van der Waals surface area (Å²) in [6, 6.07) is -0.812. The van der Waals surface area contributed by atoms with Gasteiger partial charge in [0.25, 0.3) is 11.8 Å². The molecule has 1 aromatic rings. The summed E-state index contributed by atoms with van der Waals surface area (Å²) >= 11 is 7.29. The second-order valence-corrected chi connectivity index (χ2v) is 6.79. The number of hydrogen-bond acceptors (Lipinski definition) is 6. The fraction of sp³-hybridized carbons (Fsp3) is 0.385. The van der Waals surface area contributed by atoms with Crippen LogP contribution in [0.25, 0.3) is 0 Å². The van der Waals surface area contributed by atoms with Crippen molar-refractivity contribution in [3.05, 3.63) is 28.2 Å². The highest BCUT2D eigenvalue weighted by molar-refractivity contribution is 8.00. The fourth-order valence-electron chi connectivity index (χ4n) is 2.59. The molecule has 1 fully saturated rings. The smallest absolute Gasteiger partial charge is 0.274 e. The minimum Gasteiger partial charge on any atom is -0.543 e. The van der Waals surface area contributed by atoms with Crippen LogP contribution in [0.15, 0.2) is 17.5 Å². The van der Waals surface area contributed by atoms with Crippen LogP contribution in [-0.2, 0) is 16.6 Å². The van der Waals surface area contributed by atoms with Crippen molar-refractivity contribution < 1.29 is 19.5 Å². The standard InChI is InChI=1S/C13H13ClN4O4S/c1-5-4-23-12-8(11(20)18(12)9(5)13(21)22)15-10(19)7-6(14)3-17(2)16-7/h3,8,12H,4H2,1-2H3,(H,15,19)(H,21,22)/p-1/t8-,12+/m0/s1. The maximum absolute atomic E-state index is 12.2. The Kier molecular flexibility index (Phi) is 3.85. The van der Waals surface area contributed by atoms with Crippen molar-refractivity contribution in [3.63, 3.8) is 0 Å². The second kappa shape index (κ2) is 5.57. The third-order valence-corrected chi connectivity index (χ3v) is 5.34. The molecule has 0 aliphatic carbocycles. The number of aryl methyl sites for hydroxylation is 1. The molecule has 1 aromatic heterocycles. The highest BCUT2D eigenvalue weighted by Crippen LogP contribution is 2.39. The minimum absolute atomic E-state index is 0.0214. The number of aromatic nitrogens is 2. The Balaban J connectivity index is 1.78. The number of nitrogens with one attached hydrogen (secondary N) is 1. The molecule has 0 unspecified atom stereocenters. The average Bonchev–Trinajstić information content (AvgIpc) is 2.82. The van der Waals surface area contributed by atoms with E-state index in [9.17, 15) is 19.5 Å². The van der Waals surface area contributed by atoms with Gasteiger partial charge in [-0.1, -0.05) is 11.6 Å². The molecule has 0 bridgehead atoms. The lowest BCUT2D eigenvalue weighted by Gasteiger charge is -2.50. The zero-order chi connectivity index (χ0) is 16.9. The summed E-state index contributed by atoms with van der Waals surface area (Å²) in [6.45, 7) is 1.64. The largest absolute Gasteiger partial charge is 0.543 e. The molecular formula is C13H12ClN4O4S-. The monoisotopic (exact) mass is 355 g/mol. The van der Waals surface area contributed by atoms with Crippen LogP contribution in [0.4, 0.5) is 0 Å². The van der Waals surface area contributed by atoms with E-state index in [-0.39, 0.29) is 16.4 Å². The molecule has 0 saturated carbocycles. The summed E-state index contributed by atoms with van der Waals surface area (Å²) < 4.78 is 1.39. The molecule has 122 valence electrons. The Bertz CT molecular complexity index is 759. The number of thioether (sulfide) groups is 1. The number of rotatable bonds is 3. The third kappa shape index (κ3) is 2.49. The molecule has 0 radical (unpaired) electrons. The Morgan fingerprint density at radius 3 is 2.78 bits per heavy atom. The molecule has 1 saturated heterocycles. The number of amides is 2. The van der Waals surface area contributed by atoms with Gasteiger partial charge in [-0.15, -0.1) is 11.8 Å². The number of β-lactam (4-membered cyclic amide) rings is 1. The Morgan fingerprint density at radius 2 is 2.22 bits per heavy atom. The van der Waals surface area contributed by atoms with Crippen LogP contribution in [0.5, 0.6) is 0 Å². The second-order valence-electron chi connectivity index (χ2n) is 5.28. The predicted molar refractivity (Wildman–Crippen MR) is 80.3 cm³/mol. The van der Waals surface area contributed by atoms with Crippen LogP contribution in [0.2, 0.25) is 5.02 Å². The number of nitrogens with zero attached hydrogens (tertiary/aromatic N) is 3. The highest BCUT2D eigenvalue weighted by atomic mass is 35.5. The van der Waals surface area contributed by atoms with E-state index in [2.05, 4.69) is 10.4 Å². The van der Waals surface area contributed by atoms with Gasteiger partial charge in [0.1, 0.15) is 11.4 Å². The molecule has 2 amide bonds. The first-order valence-electron chi connectivity index (χ1n) is 6.67. The number of carbonyl (C=O) groups is 3. The summed E-state index contributed by atoms with van der Waals surface area (Å²) in [4.78, 5) is 36.8. The number of carboxylic acid groups (broad SMARTS) is 1. The maximum Gasteiger partial charge on any atom is 0.274 e. The van der Waals surface area contributed by atoms with E-state index >= 15 is 0 Å². The van der Waals surface area contributed by atoms with Crippen LogP contribution >= 0.6 is 23.4 Å². The van der Waals surface area contributed by atoms with Crippen molar-refractivity contribution in [1.82, 2.24) is 20.0 Å². The van der Waals surface area contributed by atoms with Crippen molar-refractivity contribution in [1.29, 1.82) is 0 Å². The van der Waals surface area contributed by atoms with Gasteiger partial charge in [0, 0.05) is 19.0 Å². The van der Waals surface area contributed by atoms with E-state index in [1.165, 1.54) is 22.6 Å².